The number of esters is 1. The molecular weight excluding hydrogens is 258 g/mol. The minimum absolute atomic E-state index is 0.0437. The summed E-state index contributed by atoms with van der Waals surface area (Å²) < 4.78 is 10.0. The fourth-order valence-electron chi connectivity index (χ4n) is 1.41. The van der Waals surface area contributed by atoms with Crippen LogP contribution in [0.25, 0.3) is 0 Å². The number of nitrogens with two attached hydrogens (primary N) is 1. The zero-order valence-electron chi connectivity index (χ0n) is 11.2. The predicted octanol–water partition coefficient (Wildman–Crippen LogP) is 1.69. The summed E-state index contributed by atoms with van der Waals surface area (Å²) in [7, 11) is 0. The van der Waals surface area contributed by atoms with Crippen LogP contribution in [-0.4, -0.2) is 17.9 Å². The first-order chi connectivity index (χ1) is 9.52. The highest BCUT2D eigenvalue weighted by atomic mass is 16.5. The molecule has 1 aromatic rings. The first-order valence-electron chi connectivity index (χ1n) is 6.00. The molecule has 20 heavy (non-hydrogen) atoms. The zero-order chi connectivity index (χ0) is 15.0. The van der Waals surface area contributed by atoms with E-state index in [1.807, 2.05) is 30.3 Å². The molecule has 5 heteroatoms. The molecule has 1 atom stereocenters. The molecule has 5 nitrogen and oxygen atoms in total. The number of carbonyl (C=O) groups is 2. The van der Waals surface area contributed by atoms with E-state index in [0.717, 1.165) is 11.6 Å². The van der Waals surface area contributed by atoms with Crippen LogP contribution < -0.4 is 5.73 Å². The normalized spacial score (nSPS) is 12.3. The topological polar surface area (TPSA) is 78.6 Å². The van der Waals surface area contributed by atoms with Crippen molar-refractivity contribution in [2.75, 3.05) is 0 Å². The Balaban J connectivity index is 2.56. The summed E-state index contributed by atoms with van der Waals surface area (Å²) in [6, 6.07) is 9.39. The van der Waals surface area contributed by atoms with Crippen molar-refractivity contribution in [3.63, 3.8) is 0 Å². The van der Waals surface area contributed by atoms with E-state index >= 15 is 0 Å². The standard InChI is InChI=1S/C15H17NO4/c1-3-14(20-11(2)17)13(18)9-15(16)19-10-12-7-5-4-6-8-12/h3-9,14H,1,10,16H2,2H3. The fourth-order valence-corrected chi connectivity index (χ4v) is 1.41. The first kappa shape index (κ1) is 15.5. The Morgan fingerprint density at radius 1 is 1.35 bits per heavy atom. The average molecular weight is 275 g/mol. The predicted molar refractivity (Wildman–Crippen MR) is 74.3 cm³/mol. The van der Waals surface area contributed by atoms with Gasteiger partial charge in [-0.1, -0.05) is 36.9 Å². The second-order valence-electron chi connectivity index (χ2n) is 3.99. The van der Waals surface area contributed by atoms with E-state index in [1.54, 1.807) is 0 Å². The molecule has 0 amide bonds. The molecule has 1 rings (SSSR count). The fraction of sp³-hybridized carbons (Fsp3) is 0.200. The molecule has 0 aliphatic rings. The Morgan fingerprint density at radius 3 is 2.55 bits per heavy atom. The lowest BCUT2D eigenvalue weighted by Gasteiger charge is -2.10. The Labute approximate surface area is 117 Å². The van der Waals surface area contributed by atoms with Crippen LogP contribution in [0.15, 0.2) is 54.9 Å². The van der Waals surface area contributed by atoms with Crippen LogP contribution in [0.2, 0.25) is 0 Å². The summed E-state index contributed by atoms with van der Waals surface area (Å²) >= 11 is 0. The molecule has 0 aromatic heterocycles. The molecule has 0 bridgehead atoms. The van der Waals surface area contributed by atoms with E-state index in [4.69, 9.17) is 15.2 Å². The highest BCUT2D eigenvalue weighted by Crippen LogP contribution is 2.04. The van der Waals surface area contributed by atoms with E-state index in [1.165, 1.54) is 13.0 Å². The maximum Gasteiger partial charge on any atom is 0.303 e. The Morgan fingerprint density at radius 2 is 2.00 bits per heavy atom. The highest BCUT2D eigenvalue weighted by molar-refractivity contribution is 5.96. The van der Waals surface area contributed by atoms with E-state index in [2.05, 4.69) is 6.58 Å². The van der Waals surface area contributed by atoms with Gasteiger partial charge in [0.05, 0.1) is 0 Å². The van der Waals surface area contributed by atoms with Gasteiger partial charge in [0.15, 0.2) is 12.0 Å². The summed E-state index contributed by atoms with van der Waals surface area (Å²) in [5, 5.41) is 0. The van der Waals surface area contributed by atoms with Crippen LogP contribution in [0.3, 0.4) is 0 Å². The van der Waals surface area contributed by atoms with Crippen molar-refractivity contribution >= 4 is 11.8 Å². The van der Waals surface area contributed by atoms with Gasteiger partial charge in [-0.05, 0) is 11.6 Å². The molecular formula is C15H17NO4. The number of ketones is 1. The van der Waals surface area contributed by atoms with Gasteiger partial charge in [0, 0.05) is 13.0 Å². The molecule has 0 heterocycles. The van der Waals surface area contributed by atoms with Crippen LogP contribution in [0.4, 0.5) is 0 Å². The van der Waals surface area contributed by atoms with Gasteiger partial charge in [-0.15, -0.1) is 0 Å². The van der Waals surface area contributed by atoms with Gasteiger partial charge in [0.2, 0.25) is 5.78 Å². The van der Waals surface area contributed by atoms with E-state index in [9.17, 15) is 9.59 Å². The van der Waals surface area contributed by atoms with Crippen molar-refractivity contribution in [1.82, 2.24) is 0 Å². The van der Waals surface area contributed by atoms with Crippen molar-refractivity contribution in [3.8, 4) is 0 Å². The van der Waals surface area contributed by atoms with Crippen molar-refractivity contribution in [1.29, 1.82) is 0 Å². The molecule has 0 saturated heterocycles. The maximum absolute atomic E-state index is 11.7. The van der Waals surface area contributed by atoms with Gasteiger partial charge in [0.1, 0.15) is 6.61 Å². The molecule has 0 fully saturated rings. The lowest BCUT2D eigenvalue weighted by atomic mass is 10.2. The Kier molecular flexibility index (Phi) is 6.03. The average Bonchev–Trinajstić information content (AvgIpc) is 2.43. The third-order valence-corrected chi connectivity index (χ3v) is 2.32. The quantitative estimate of drug-likeness (QED) is 0.354. The molecule has 0 spiro atoms. The van der Waals surface area contributed by atoms with Crippen LogP contribution >= 0.6 is 0 Å². The molecule has 106 valence electrons. The second-order valence-corrected chi connectivity index (χ2v) is 3.99. The van der Waals surface area contributed by atoms with Crippen molar-refractivity contribution < 1.29 is 19.1 Å². The Bertz CT molecular complexity index is 508. The number of rotatable bonds is 7. The Hall–Kier alpha value is -2.56. The summed E-state index contributed by atoms with van der Waals surface area (Å²) in [5.41, 5.74) is 6.52. The molecule has 1 aromatic carbocycles. The van der Waals surface area contributed by atoms with Gasteiger partial charge in [0.25, 0.3) is 0 Å². The molecule has 0 aliphatic heterocycles. The van der Waals surface area contributed by atoms with E-state index in [0.29, 0.717) is 0 Å². The number of hydrogen-bond donors (Lipinski definition) is 1. The van der Waals surface area contributed by atoms with Gasteiger partial charge >= 0.3 is 5.97 Å². The molecule has 0 saturated carbocycles. The van der Waals surface area contributed by atoms with Crippen LogP contribution in [0.1, 0.15) is 12.5 Å². The monoisotopic (exact) mass is 275 g/mol. The highest BCUT2D eigenvalue weighted by Gasteiger charge is 2.16. The van der Waals surface area contributed by atoms with Crippen molar-refractivity contribution in [2.24, 2.45) is 5.73 Å². The molecule has 0 radical (unpaired) electrons. The molecule has 0 aliphatic carbocycles. The number of carbonyl (C=O) groups excluding carboxylic acids is 2. The summed E-state index contributed by atoms with van der Waals surface area (Å²) in [6.45, 7) is 4.89. The SMILES string of the molecule is C=CC(OC(C)=O)C(=O)C=C(N)OCc1ccccc1. The smallest absolute Gasteiger partial charge is 0.303 e. The van der Waals surface area contributed by atoms with Gasteiger partial charge in [-0.2, -0.15) is 0 Å². The van der Waals surface area contributed by atoms with Crippen molar-refractivity contribution in [2.45, 2.75) is 19.6 Å². The van der Waals surface area contributed by atoms with Crippen molar-refractivity contribution in [3.05, 3.63) is 60.5 Å². The summed E-state index contributed by atoms with van der Waals surface area (Å²) in [4.78, 5) is 22.6. The number of hydrogen-bond acceptors (Lipinski definition) is 5. The summed E-state index contributed by atoms with van der Waals surface area (Å²) in [5.74, 6) is -1.11. The second kappa shape index (κ2) is 7.78. The molecule has 1 unspecified atom stereocenters. The summed E-state index contributed by atoms with van der Waals surface area (Å²) in [6.07, 6.45) is 1.26. The number of benzene rings is 1. The minimum atomic E-state index is -1.05. The molecule has 2 N–H and O–H groups in total. The van der Waals surface area contributed by atoms with E-state index < -0.39 is 17.9 Å². The third-order valence-electron chi connectivity index (χ3n) is 2.32. The van der Waals surface area contributed by atoms with Gasteiger partial charge in [-0.25, -0.2) is 0 Å². The van der Waals surface area contributed by atoms with Gasteiger partial charge in [-0.3, -0.25) is 9.59 Å². The lowest BCUT2D eigenvalue weighted by molar-refractivity contribution is -0.148. The van der Waals surface area contributed by atoms with Crippen LogP contribution in [-0.2, 0) is 25.7 Å². The van der Waals surface area contributed by atoms with Gasteiger partial charge < -0.3 is 15.2 Å². The minimum Gasteiger partial charge on any atom is -0.474 e. The van der Waals surface area contributed by atoms with E-state index in [-0.39, 0.29) is 12.5 Å². The third kappa shape index (κ3) is 5.39. The number of ether oxygens (including phenoxy) is 2. The lowest BCUT2D eigenvalue weighted by Crippen LogP contribution is -2.23. The van der Waals surface area contributed by atoms with Crippen LogP contribution in [0, 0.1) is 0 Å². The van der Waals surface area contributed by atoms with Crippen LogP contribution in [0.5, 0.6) is 0 Å². The first-order valence-corrected chi connectivity index (χ1v) is 6.00. The maximum atomic E-state index is 11.7. The zero-order valence-corrected chi connectivity index (χ0v) is 11.2. The largest absolute Gasteiger partial charge is 0.474 e.